The minimum Gasteiger partial charge on any atom is -0.493 e. The van der Waals surface area contributed by atoms with Crippen LogP contribution in [0, 0.1) is 12.7 Å². The van der Waals surface area contributed by atoms with E-state index in [0.29, 0.717) is 40.9 Å². The molecule has 2 aliphatic heterocycles. The minimum absolute atomic E-state index is 0.0738. The highest BCUT2D eigenvalue weighted by atomic mass is 19.3. The van der Waals surface area contributed by atoms with Crippen LogP contribution in [-0.4, -0.2) is 77.4 Å². The fraction of sp³-hybridized carbons (Fsp3) is 0.464. The molecule has 40 heavy (non-hydrogen) atoms. The Kier molecular flexibility index (Phi) is 6.91. The van der Waals surface area contributed by atoms with Gasteiger partial charge < -0.3 is 19.5 Å². The lowest BCUT2D eigenvalue weighted by Gasteiger charge is -2.46. The first-order chi connectivity index (χ1) is 19.3. The van der Waals surface area contributed by atoms with Crippen LogP contribution in [0.1, 0.15) is 36.2 Å². The van der Waals surface area contributed by atoms with Crippen molar-refractivity contribution in [2.24, 2.45) is 0 Å². The summed E-state index contributed by atoms with van der Waals surface area (Å²) in [7, 11) is 1.48. The van der Waals surface area contributed by atoms with E-state index in [1.54, 1.807) is 19.1 Å². The van der Waals surface area contributed by atoms with Gasteiger partial charge in [-0.25, -0.2) is 27.9 Å². The average molecular weight is 558 g/mol. The molecule has 0 atom stereocenters. The standard InChI is InChI=1S/C28H30F3N5O4/c1-16-33-21-11-22(38-2)23(40-27(37)36-9-8-35(18-13-39-14-18)15-28(36)6-7-28)10-20(21)26(34-16)32-12-17-4-3-5-19(24(17)29)25(30)31/h3-5,10-11,18,25H,6-9,12-15H2,1-2H3,(H,32,33,34). The van der Waals surface area contributed by atoms with E-state index in [0.717, 1.165) is 45.2 Å². The molecular weight excluding hydrogens is 527 g/mol. The molecule has 0 radical (unpaired) electrons. The predicted octanol–water partition coefficient (Wildman–Crippen LogP) is 4.68. The predicted molar refractivity (Wildman–Crippen MR) is 140 cm³/mol. The Balaban J connectivity index is 1.25. The molecule has 1 saturated carbocycles. The van der Waals surface area contributed by atoms with Gasteiger partial charge in [0.2, 0.25) is 0 Å². The Morgan fingerprint density at radius 1 is 1.20 bits per heavy atom. The van der Waals surface area contributed by atoms with E-state index in [1.807, 2.05) is 4.90 Å². The molecule has 0 bridgehead atoms. The molecule has 1 aromatic heterocycles. The van der Waals surface area contributed by atoms with Crippen molar-refractivity contribution in [3.63, 3.8) is 0 Å². The Bertz CT molecular complexity index is 1450. The van der Waals surface area contributed by atoms with Crippen molar-refractivity contribution in [2.45, 2.75) is 44.3 Å². The molecule has 2 aromatic carbocycles. The van der Waals surface area contributed by atoms with E-state index in [1.165, 1.54) is 19.2 Å². The lowest BCUT2D eigenvalue weighted by Crippen LogP contribution is -2.62. The highest BCUT2D eigenvalue weighted by Crippen LogP contribution is 2.46. The number of hydrogen-bond donors (Lipinski definition) is 1. The largest absolute Gasteiger partial charge is 0.493 e. The molecule has 1 N–H and O–H groups in total. The molecule has 1 amide bonds. The third-order valence-corrected chi connectivity index (χ3v) is 7.95. The van der Waals surface area contributed by atoms with Crippen LogP contribution >= 0.6 is 0 Å². The number of aromatic nitrogens is 2. The maximum Gasteiger partial charge on any atom is 0.415 e. The average Bonchev–Trinajstić information content (AvgIpc) is 3.65. The van der Waals surface area contributed by atoms with Gasteiger partial charge in [-0.2, -0.15) is 0 Å². The smallest absolute Gasteiger partial charge is 0.415 e. The number of carbonyl (C=O) groups excluding carboxylic acids is 1. The number of methoxy groups -OCH3 is 1. The van der Waals surface area contributed by atoms with E-state index in [-0.39, 0.29) is 23.4 Å². The molecule has 6 rings (SSSR count). The second-order valence-corrected chi connectivity index (χ2v) is 10.5. The van der Waals surface area contributed by atoms with Gasteiger partial charge in [0.15, 0.2) is 11.5 Å². The third kappa shape index (κ3) is 4.90. The number of halogens is 3. The summed E-state index contributed by atoms with van der Waals surface area (Å²) in [4.78, 5) is 26.5. The molecule has 3 heterocycles. The van der Waals surface area contributed by atoms with Gasteiger partial charge in [-0.3, -0.25) is 9.80 Å². The number of hydrogen-bond acceptors (Lipinski definition) is 8. The molecule has 1 spiro atoms. The lowest BCUT2D eigenvalue weighted by molar-refractivity contribution is -0.0859. The maximum absolute atomic E-state index is 14.6. The zero-order valence-electron chi connectivity index (χ0n) is 22.3. The van der Waals surface area contributed by atoms with Crippen LogP contribution in [0.4, 0.5) is 23.8 Å². The Labute approximate surface area is 229 Å². The molecule has 1 aliphatic carbocycles. The molecule has 12 heteroatoms. The summed E-state index contributed by atoms with van der Waals surface area (Å²) >= 11 is 0. The first-order valence-electron chi connectivity index (χ1n) is 13.2. The van der Waals surface area contributed by atoms with Crippen molar-refractivity contribution in [1.29, 1.82) is 0 Å². The molecule has 3 aliphatic rings. The van der Waals surface area contributed by atoms with E-state index in [9.17, 15) is 18.0 Å². The minimum atomic E-state index is -2.92. The zero-order valence-corrected chi connectivity index (χ0v) is 22.3. The van der Waals surface area contributed by atoms with Gasteiger partial charge in [0.25, 0.3) is 6.43 Å². The maximum atomic E-state index is 14.6. The summed E-state index contributed by atoms with van der Waals surface area (Å²) in [5, 5.41) is 3.55. The van der Waals surface area contributed by atoms with Crippen molar-refractivity contribution in [1.82, 2.24) is 19.8 Å². The third-order valence-electron chi connectivity index (χ3n) is 7.95. The lowest BCUT2D eigenvalue weighted by atomic mass is 10.1. The van der Waals surface area contributed by atoms with Crippen molar-refractivity contribution in [3.8, 4) is 11.5 Å². The van der Waals surface area contributed by atoms with E-state index in [2.05, 4.69) is 20.2 Å². The van der Waals surface area contributed by atoms with Crippen molar-refractivity contribution in [2.75, 3.05) is 45.3 Å². The SMILES string of the molecule is COc1cc2nc(C)nc(NCc3cccc(C(F)F)c3F)c2cc1OC(=O)N1CCN(C2COC2)CC12CC2. The monoisotopic (exact) mass is 557 g/mol. The van der Waals surface area contributed by atoms with Gasteiger partial charge >= 0.3 is 6.09 Å². The Morgan fingerprint density at radius 2 is 2.00 bits per heavy atom. The number of piperazine rings is 1. The van der Waals surface area contributed by atoms with Gasteiger partial charge in [0.1, 0.15) is 17.5 Å². The first kappa shape index (κ1) is 26.6. The normalized spacial score (nSPS) is 18.7. The number of amides is 1. The quantitative estimate of drug-likeness (QED) is 0.448. The van der Waals surface area contributed by atoms with Gasteiger partial charge in [-0.05, 0) is 25.8 Å². The van der Waals surface area contributed by atoms with Crippen molar-refractivity contribution >= 4 is 22.8 Å². The summed E-state index contributed by atoms with van der Waals surface area (Å²) in [6.45, 7) is 5.20. The fourth-order valence-corrected chi connectivity index (χ4v) is 5.47. The summed E-state index contributed by atoms with van der Waals surface area (Å²) < 4.78 is 57.7. The number of carbonyl (C=O) groups is 1. The van der Waals surface area contributed by atoms with E-state index < -0.39 is 23.9 Å². The number of aryl methyl sites for hydroxylation is 1. The second-order valence-electron chi connectivity index (χ2n) is 10.5. The molecule has 2 saturated heterocycles. The second kappa shape index (κ2) is 10.4. The molecule has 3 fully saturated rings. The van der Waals surface area contributed by atoms with Crippen LogP contribution in [0.3, 0.4) is 0 Å². The van der Waals surface area contributed by atoms with Gasteiger partial charge in [-0.15, -0.1) is 0 Å². The number of benzene rings is 2. The number of anilines is 1. The first-order valence-corrected chi connectivity index (χ1v) is 13.2. The van der Waals surface area contributed by atoms with Crippen LogP contribution in [0.2, 0.25) is 0 Å². The number of nitrogens with one attached hydrogen (secondary N) is 1. The Hall–Kier alpha value is -3.64. The highest BCUT2D eigenvalue weighted by molar-refractivity contribution is 5.92. The molecule has 212 valence electrons. The summed E-state index contributed by atoms with van der Waals surface area (Å²) in [5.41, 5.74) is -0.288. The summed E-state index contributed by atoms with van der Waals surface area (Å²) in [6, 6.07) is 7.57. The Morgan fingerprint density at radius 3 is 2.67 bits per heavy atom. The summed E-state index contributed by atoms with van der Waals surface area (Å²) in [6.07, 6.45) is -1.53. The molecule has 0 unspecified atom stereocenters. The van der Waals surface area contributed by atoms with Gasteiger partial charge in [0, 0.05) is 43.2 Å². The number of fused-ring (bicyclic) bond motifs is 1. The van der Waals surface area contributed by atoms with E-state index in [4.69, 9.17) is 14.2 Å². The molecular formula is C28H30F3N5O4. The van der Waals surface area contributed by atoms with Crippen LogP contribution in [0.15, 0.2) is 30.3 Å². The molecule has 3 aromatic rings. The number of nitrogens with zero attached hydrogens (tertiary/aromatic N) is 4. The summed E-state index contributed by atoms with van der Waals surface area (Å²) in [5.74, 6) is 0.353. The van der Waals surface area contributed by atoms with Crippen molar-refractivity contribution < 1.29 is 32.2 Å². The fourth-order valence-electron chi connectivity index (χ4n) is 5.47. The zero-order chi connectivity index (χ0) is 28.0. The van der Waals surface area contributed by atoms with Gasteiger partial charge in [0.05, 0.1) is 43.0 Å². The number of rotatable bonds is 7. The van der Waals surface area contributed by atoms with Crippen LogP contribution in [-0.2, 0) is 11.3 Å². The highest BCUT2D eigenvalue weighted by Gasteiger charge is 2.55. The van der Waals surface area contributed by atoms with E-state index >= 15 is 0 Å². The van der Waals surface area contributed by atoms with Crippen molar-refractivity contribution in [3.05, 3.63) is 53.1 Å². The van der Waals surface area contributed by atoms with Crippen LogP contribution in [0.5, 0.6) is 11.5 Å². The van der Waals surface area contributed by atoms with Crippen LogP contribution in [0.25, 0.3) is 10.9 Å². The van der Waals surface area contributed by atoms with Crippen LogP contribution < -0.4 is 14.8 Å². The number of ether oxygens (including phenoxy) is 3. The van der Waals surface area contributed by atoms with Gasteiger partial charge in [-0.1, -0.05) is 18.2 Å². The molecule has 9 nitrogen and oxygen atoms in total. The number of alkyl halides is 2. The topological polar surface area (TPSA) is 89.0 Å².